The Morgan fingerprint density at radius 1 is 1.35 bits per heavy atom. The van der Waals surface area contributed by atoms with E-state index in [1.54, 1.807) is 18.2 Å². The first-order valence-corrected chi connectivity index (χ1v) is 7.74. The molecule has 0 atom stereocenters. The van der Waals surface area contributed by atoms with Crippen LogP contribution >= 0.6 is 39.3 Å². The summed E-state index contributed by atoms with van der Waals surface area (Å²) in [7, 11) is 0. The first-order chi connectivity index (χ1) is 9.49. The molecule has 0 bridgehead atoms. The lowest BCUT2D eigenvalue weighted by Gasteiger charge is -2.06. The third-order valence-electron chi connectivity index (χ3n) is 2.62. The minimum absolute atomic E-state index is 0.0680. The van der Waals surface area contributed by atoms with Gasteiger partial charge in [0.1, 0.15) is 0 Å². The van der Waals surface area contributed by atoms with Crippen LogP contribution in [-0.2, 0) is 5.75 Å². The SMILES string of the molecule is Nc1ccc(SCc2cccc([N+](=O)[O-])c2Br)cc1Cl. The zero-order valence-corrected chi connectivity index (χ0v) is 13.3. The number of nitro benzene ring substituents is 1. The summed E-state index contributed by atoms with van der Waals surface area (Å²) in [5.41, 5.74) is 7.11. The van der Waals surface area contributed by atoms with Crippen LogP contribution in [0.5, 0.6) is 0 Å². The van der Waals surface area contributed by atoms with Crippen molar-refractivity contribution in [2.24, 2.45) is 0 Å². The van der Waals surface area contributed by atoms with Crippen LogP contribution < -0.4 is 5.73 Å². The third-order valence-corrected chi connectivity index (χ3v) is 4.91. The number of nitro groups is 1. The van der Waals surface area contributed by atoms with Crippen LogP contribution in [0.2, 0.25) is 5.02 Å². The Labute approximate surface area is 133 Å². The Bertz CT molecular complexity index is 667. The molecule has 104 valence electrons. The number of rotatable bonds is 4. The molecule has 0 aliphatic carbocycles. The lowest BCUT2D eigenvalue weighted by atomic mass is 10.2. The number of nitrogens with zero attached hydrogens (tertiary/aromatic N) is 1. The van der Waals surface area contributed by atoms with Gasteiger partial charge in [0.2, 0.25) is 0 Å². The Morgan fingerprint density at radius 2 is 2.10 bits per heavy atom. The fraction of sp³-hybridized carbons (Fsp3) is 0.0769. The maximum atomic E-state index is 10.9. The van der Waals surface area contributed by atoms with Gasteiger partial charge in [-0.05, 0) is 39.7 Å². The number of thioether (sulfide) groups is 1. The second kappa shape index (κ2) is 6.47. The van der Waals surface area contributed by atoms with Crippen LogP contribution in [0.4, 0.5) is 11.4 Å². The minimum Gasteiger partial charge on any atom is -0.398 e. The highest BCUT2D eigenvalue weighted by atomic mass is 79.9. The molecule has 4 nitrogen and oxygen atoms in total. The van der Waals surface area contributed by atoms with Gasteiger partial charge < -0.3 is 5.73 Å². The maximum absolute atomic E-state index is 10.9. The summed E-state index contributed by atoms with van der Waals surface area (Å²) in [6.07, 6.45) is 0. The fourth-order valence-electron chi connectivity index (χ4n) is 1.58. The highest BCUT2D eigenvalue weighted by molar-refractivity contribution is 9.10. The van der Waals surface area contributed by atoms with E-state index in [1.807, 2.05) is 12.1 Å². The maximum Gasteiger partial charge on any atom is 0.283 e. The summed E-state index contributed by atoms with van der Waals surface area (Å²) in [6, 6.07) is 10.4. The Morgan fingerprint density at radius 3 is 2.75 bits per heavy atom. The number of halogens is 2. The summed E-state index contributed by atoms with van der Waals surface area (Å²) < 4.78 is 0.513. The first kappa shape index (κ1) is 15.2. The second-order valence-corrected chi connectivity index (χ2v) is 6.23. The molecule has 0 amide bonds. The largest absolute Gasteiger partial charge is 0.398 e. The summed E-state index contributed by atoms with van der Waals surface area (Å²) in [5.74, 6) is 0.600. The van der Waals surface area contributed by atoms with Gasteiger partial charge in [-0.2, -0.15) is 0 Å². The average Bonchev–Trinajstić information content (AvgIpc) is 2.41. The monoisotopic (exact) mass is 372 g/mol. The van der Waals surface area contributed by atoms with Crippen LogP contribution in [0.15, 0.2) is 45.8 Å². The predicted octanol–water partition coefficient (Wildman–Crippen LogP) is 4.89. The molecule has 0 aliphatic rings. The number of nitrogen functional groups attached to an aromatic ring is 1. The molecular weight excluding hydrogens is 364 g/mol. The molecule has 0 aromatic heterocycles. The van der Waals surface area contributed by atoms with Crippen molar-refractivity contribution in [3.05, 3.63) is 61.6 Å². The topological polar surface area (TPSA) is 69.2 Å². The number of anilines is 1. The molecule has 7 heteroatoms. The van der Waals surface area contributed by atoms with Gasteiger partial charge in [0.05, 0.1) is 20.1 Å². The van der Waals surface area contributed by atoms with E-state index in [-0.39, 0.29) is 5.69 Å². The van der Waals surface area contributed by atoms with E-state index < -0.39 is 4.92 Å². The van der Waals surface area contributed by atoms with E-state index in [4.69, 9.17) is 17.3 Å². The summed E-state index contributed by atoms with van der Waals surface area (Å²) >= 11 is 10.8. The summed E-state index contributed by atoms with van der Waals surface area (Å²) in [6.45, 7) is 0. The fourth-order valence-corrected chi connectivity index (χ4v) is 3.49. The van der Waals surface area contributed by atoms with Gasteiger partial charge in [-0.25, -0.2) is 0 Å². The minimum atomic E-state index is -0.404. The molecule has 2 N–H and O–H groups in total. The predicted molar refractivity (Wildman–Crippen MR) is 86.2 cm³/mol. The zero-order valence-electron chi connectivity index (χ0n) is 10.2. The standard InChI is InChI=1S/C13H10BrClN2O2S/c14-13-8(2-1-3-12(13)17(18)19)7-20-9-4-5-11(16)10(15)6-9/h1-6H,7,16H2. The van der Waals surface area contributed by atoms with E-state index in [9.17, 15) is 10.1 Å². The van der Waals surface area contributed by atoms with Crippen molar-refractivity contribution in [1.82, 2.24) is 0 Å². The number of hydrogen-bond donors (Lipinski definition) is 1. The molecule has 0 saturated heterocycles. The molecule has 0 fully saturated rings. The van der Waals surface area contributed by atoms with Crippen molar-refractivity contribution in [1.29, 1.82) is 0 Å². The van der Waals surface area contributed by atoms with Crippen molar-refractivity contribution in [3.63, 3.8) is 0 Å². The van der Waals surface area contributed by atoms with Gasteiger partial charge in [-0.15, -0.1) is 11.8 Å². The van der Waals surface area contributed by atoms with Gasteiger partial charge in [-0.1, -0.05) is 23.7 Å². The molecule has 0 spiro atoms. The van der Waals surface area contributed by atoms with Gasteiger partial charge >= 0.3 is 0 Å². The van der Waals surface area contributed by atoms with Gasteiger partial charge in [0, 0.05) is 16.7 Å². The molecule has 0 radical (unpaired) electrons. The van der Waals surface area contributed by atoms with E-state index in [2.05, 4.69) is 15.9 Å². The van der Waals surface area contributed by atoms with Crippen molar-refractivity contribution in [2.45, 2.75) is 10.6 Å². The van der Waals surface area contributed by atoms with Gasteiger partial charge in [-0.3, -0.25) is 10.1 Å². The smallest absolute Gasteiger partial charge is 0.283 e. The van der Waals surface area contributed by atoms with Crippen LogP contribution in [0.25, 0.3) is 0 Å². The molecule has 20 heavy (non-hydrogen) atoms. The third kappa shape index (κ3) is 3.45. The van der Waals surface area contributed by atoms with E-state index >= 15 is 0 Å². The highest BCUT2D eigenvalue weighted by Gasteiger charge is 2.14. The molecule has 0 saturated carbocycles. The lowest BCUT2D eigenvalue weighted by Crippen LogP contribution is -1.92. The Kier molecular flexibility index (Phi) is 4.91. The molecule has 0 heterocycles. The summed E-state index contributed by atoms with van der Waals surface area (Å²) in [4.78, 5) is 11.4. The second-order valence-electron chi connectivity index (χ2n) is 3.98. The summed E-state index contributed by atoms with van der Waals surface area (Å²) in [5, 5.41) is 11.4. The average molecular weight is 374 g/mol. The van der Waals surface area contributed by atoms with E-state index in [1.165, 1.54) is 17.8 Å². The van der Waals surface area contributed by atoms with Gasteiger partial charge in [0.15, 0.2) is 0 Å². The van der Waals surface area contributed by atoms with E-state index in [0.717, 1.165) is 10.5 Å². The van der Waals surface area contributed by atoms with Crippen molar-refractivity contribution < 1.29 is 4.92 Å². The van der Waals surface area contributed by atoms with Crippen LogP contribution in [0, 0.1) is 10.1 Å². The zero-order chi connectivity index (χ0) is 14.7. The Balaban J connectivity index is 2.17. The molecule has 0 aliphatic heterocycles. The van der Waals surface area contributed by atoms with Crippen molar-refractivity contribution in [3.8, 4) is 0 Å². The molecular formula is C13H10BrClN2O2S. The van der Waals surface area contributed by atoms with Crippen molar-refractivity contribution in [2.75, 3.05) is 5.73 Å². The number of hydrogen-bond acceptors (Lipinski definition) is 4. The first-order valence-electron chi connectivity index (χ1n) is 5.58. The van der Waals surface area contributed by atoms with Crippen LogP contribution in [0.3, 0.4) is 0 Å². The molecule has 2 rings (SSSR count). The number of benzene rings is 2. The quantitative estimate of drug-likeness (QED) is 0.359. The van der Waals surface area contributed by atoms with Crippen molar-refractivity contribution >= 4 is 50.7 Å². The van der Waals surface area contributed by atoms with Crippen LogP contribution in [-0.4, -0.2) is 4.92 Å². The highest BCUT2D eigenvalue weighted by Crippen LogP contribution is 2.34. The van der Waals surface area contributed by atoms with Gasteiger partial charge in [0.25, 0.3) is 5.69 Å². The van der Waals surface area contributed by atoms with E-state index in [0.29, 0.717) is 20.9 Å². The molecule has 2 aromatic carbocycles. The molecule has 0 unspecified atom stereocenters. The number of nitrogens with two attached hydrogens (primary N) is 1. The normalized spacial score (nSPS) is 10.5. The Hall–Kier alpha value is -1.24. The lowest BCUT2D eigenvalue weighted by molar-refractivity contribution is -0.385. The molecule has 2 aromatic rings. The van der Waals surface area contributed by atoms with Crippen LogP contribution in [0.1, 0.15) is 5.56 Å².